The number of rotatable bonds is 2. The summed E-state index contributed by atoms with van der Waals surface area (Å²) >= 11 is 4.49. The Hall–Kier alpha value is -2.40. The van der Waals surface area contributed by atoms with Crippen molar-refractivity contribution in [1.82, 2.24) is 9.97 Å². The average Bonchev–Trinajstić information content (AvgIpc) is 2.48. The second kappa shape index (κ2) is 5.54. The van der Waals surface area contributed by atoms with E-state index in [2.05, 4.69) is 22.6 Å². The Morgan fingerprint density at radius 1 is 0.952 bits per heavy atom. The lowest BCUT2D eigenvalue weighted by atomic mass is 10.0. The fraction of sp³-hybridized carbons (Fsp3) is 0. The van der Waals surface area contributed by atoms with Crippen molar-refractivity contribution >= 4 is 18.4 Å². The fourth-order valence-electron chi connectivity index (χ4n) is 2.08. The molecule has 0 aliphatic rings. The summed E-state index contributed by atoms with van der Waals surface area (Å²) in [5.74, 6) is 0.106. The van der Waals surface area contributed by atoms with Crippen molar-refractivity contribution in [3.8, 4) is 22.4 Å². The highest BCUT2D eigenvalue weighted by Crippen LogP contribution is 2.30. The number of nitrogen functional groups attached to an aromatic ring is 1. The monoisotopic (exact) mass is 297 g/mol. The van der Waals surface area contributed by atoms with Crippen molar-refractivity contribution in [3.63, 3.8) is 0 Å². The van der Waals surface area contributed by atoms with Crippen molar-refractivity contribution in [2.24, 2.45) is 0 Å². The highest BCUT2D eigenvalue weighted by molar-refractivity contribution is 7.80. The van der Waals surface area contributed by atoms with Gasteiger partial charge in [-0.3, -0.25) is 4.98 Å². The van der Waals surface area contributed by atoms with Gasteiger partial charge >= 0.3 is 0 Å². The first kappa shape index (κ1) is 13.6. The fourth-order valence-corrected chi connectivity index (χ4v) is 2.42. The second-order valence-corrected chi connectivity index (χ2v) is 5.05. The average molecular weight is 297 g/mol. The normalized spacial score (nSPS) is 10.6. The zero-order valence-corrected chi connectivity index (χ0v) is 11.9. The van der Waals surface area contributed by atoms with Crippen LogP contribution in [0.3, 0.4) is 0 Å². The molecule has 0 bridgehead atoms. The third-order valence-corrected chi connectivity index (χ3v) is 3.47. The maximum Gasteiger partial charge on any atom is 0.141 e. The third-order valence-electron chi connectivity index (χ3n) is 3.10. The minimum atomic E-state index is -0.270. The molecule has 1 heterocycles. The van der Waals surface area contributed by atoms with Gasteiger partial charge in [-0.05, 0) is 29.3 Å². The molecular weight excluding hydrogens is 285 g/mol. The molecule has 0 saturated heterocycles. The first-order valence-corrected chi connectivity index (χ1v) is 6.75. The molecule has 0 spiro atoms. The molecule has 0 unspecified atom stereocenters. The van der Waals surface area contributed by atoms with Crippen LogP contribution in [0.15, 0.2) is 59.8 Å². The molecule has 3 aromatic rings. The molecule has 5 heteroatoms. The first-order valence-electron chi connectivity index (χ1n) is 6.30. The molecule has 0 fully saturated rings. The molecule has 3 rings (SSSR count). The van der Waals surface area contributed by atoms with E-state index in [1.54, 1.807) is 12.3 Å². The van der Waals surface area contributed by atoms with E-state index >= 15 is 0 Å². The number of hydrogen-bond acceptors (Lipinski definition) is 4. The number of nitrogens with two attached hydrogens (primary N) is 1. The third kappa shape index (κ3) is 2.87. The van der Waals surface area contributed by atoms with Crippen LogP contribution in [-0.2, 0) is 0 Å². The van der Waals surface area contributed by atoms with Crippen LogP contribution >= 0.6 is 12.6 Å². The van der Waals surface area contributed by atoms with E-state index in [0.717, 1.165) is 21.6 Å². The molecule has 0 radical (unpaired) electrons. The maximum absolute atomic E-state index is 13.3. The van der Waals surface area contributed by atoms with Crippen LogP contribution in [-0.4, -0.2) is 9.97 Å². The van der Waals surface area contributed by atoms with Gasteiger partial charge in [-0.2, -0.15) is 0 Å². The molecule has 0 atom stereocenters. The highest BCUT2D eigenvalue weighted by Gasteiger charge is 2.07. The molecular formula is C16H12FN3S. The summed E-state index contributed by atoms with van der Waals surface area (Å²) in [6.45, 7) is 0. The van der Waals surface area contributed by atoms with Gasteiger partial charge < -0.3 is 5.73 Å². The topological polar surface area (TPSA) is 51.8 Å². The number of nitrogens with zero attached hydrogens (tertiary/aromatic N) is 2. The zero-order chi connectivity index (χ0) is 14.8. The second-order valence-electron chi connectivity index (χ2n) is 4.57. The number of benzene rings is 2. The Kier molecular flexibility index (Phi) is 3.58. The van der Waals surface area contributed by atoms with Crippen LogP contribution in [0.1, 0.15) is 0 Å². The van der Waals surface area contributed by atoms with Crippen LogP contribution in [0.25, 0.3) is 22.4 Å². The standard InChI is InChI=1S/C16H12FN3S/c17-12-3-1-2-10(6-12)13-5-4-11(7-15(13)21)14-8-20-16(18)9-19-14/h1-9,21H,(H2,18,20). The molecule has 2 aromatic carbocycles. The van der Waals surface area contributed by atoms with Gasteiger partial charge in [0.25, 0.3) is 0 Å². The summed E-state index contributed by atoms with van der Waals surface area (Å²) < 4.78 is 13.3. The summed E-state index contributed by atoms with van der Waals surface area (Å²) in [6.07, 6.45) is 3.12. The molecule has 104 valence electrons. The van der Waals surface area contributed by atoms with E-state index in [1.807, 2.05) is 24.3 Å². The number of hydrogen-bond donors (Lipinski definition) is 2. The van der Waals surface area contributed by atoms with E-state index in [0.29, 0.717) is 11.5 Å². The van der Waals surface area contributed by atoms with E-state index in [-0.39, 0.29) is 5.82 Å². The Morgan fingerprint density at radius 3 is 2.48 bits per heavy atom. The molecule has 0 saturated carbocycles. The first-order chi connectivity index (χ1) is 10.1. The number of aromatic nitrogens is 2. The summed E-state index contributed by atoms with van der Waals surface area (Å²) in [5.41, 5.74) is 8.77. The van der Waals surface area contributed by atoms with Crippen molar-refractivity contribution in [3.05, 3.63) is 60.7 Å². The molecule has 21 heavy (non-hydrogen) atoms. The molecule has 0 aliphatic carbocycles. The van der Waals surface area contributed by atoms with Gasteiger partial charge in [0.2, 0.25) is 0 Å². The van der Waals surface area contributed by atoms with Gasteiger partial charge in [0.1, 0.15) is 11.6 Å². The van der Waals surface area contributed by atoms with E-state index in [4.69, 9.17) is 5.73 Å². The van der Waals surface area contributed by atoms with Gasteiger partial charge in [0, 0.05) is 10.5 Å². The van der Waals surface area contributed by atoms with Gasteiger partial charge in [0.15, 0.2) is 0 Å². The van der Waals surface area contributed by atoms with Gasteiger partial charge in [-0.1, -0.05) is 24.3 Å². The Labute approximate surface area is 127 Å². The van der Waals surface area contributed by atoms with Gasteiger partial charge in [-0.15, -0.1) is 12.6 Å². The Morgan fingerprint density at radius 2 is 1.81 bits per heavy atom. The van der Waals surface area contributed by atoms with Crippen molar-refractivity contribution in [2.45, 2.75) is 4.90 Å². The van der Waals surface area contributed by atoms with E-state index in [1.165, 1.54) is 18.3 Å². The highest BCUT2D eigenvalue weighted by atomic mass is 32.1. The van der Waals surface area contributed by atoms with E-state index < -0.39 is 0 Å². The summed E-state index contributed by atoms with van der Waals surface area (Å²) in [7, 11) is 0. The molecule has 1 aromatic heterocycles. The Bertz CT molecular complexity index is 788. The van der Waals surface area contributed by atoms with Gasteiger partial charge in [0.05, 0.1) is 18.1 Å². The van der Waals surface area contributed by atoms with Crippen molar-refractivity contribution < 1.29 is 4.39 Å². The lowest BCUT2D eigenvalue weighted by Gasteiger charge is -2.08. The minimum Gasteiger partial charge on any atom is -0.382 e. The van der Waals surface area contributed by atoms with Crippen LogP contribution in [0.5, 0.6) is 0 Å². The predicted octanol–water partition coefficient (Wildman–Crippen LogP) is 3.82. The number of halogens is 1. The SMILES string of the molecule is Nc1cnc(-c2ccc(-c3cccc(F)c3)c(S)c2)cn1. The lowest BCUT2D eigenvalue weighted by Crippen LogP contribution is -1.92. The summed E-state index contributed by atoms with van der Waals surface area (Å²) in [4.78, 5) is 8.99. The van der Waals surface area contributed by atoms with Crippen molar-refractivity contribution in [1.29, 1.82) is 0 Å². The summed E-state index contributed by atoms with van der Waals surface area (Å²) in [5, 5.41) is 0. The molecule has 0 aliphatic heterocycles. The van der Waals surface area contributed by atoms with Crippen LogP contribution in [0.4, 0.5) is 10.2 Å². The maximum atomic E-state index is 13.3. The molecule has 2 N–H and O–H groups in total. The quantitative estimate of drug-likeness (QED) is 0.707. The van der Waals surface area contributed by atoms with Gasteiger partial charge in [-0.25, -0.2) is 9.37 Å². The van der Waals surface area contributed by atoms with Crippen LogP contribution in [0.2, 0.25) is 0 Å². The minimum absolute atomic E-state index is 0.270. The smallest absolute Gasteiger partial charge is 0.141 e. The van der Waals surface area contributed by atoms with Crippen molar-refractivity contribution in [2.75, 3.05) is 5.73 Å². The molecule has 3 nitrogen and oxygen atoms in total. The zero-order valence-electron chi connectivity index (χ0n) is 11.0. The number of anilines is 1. The van der Waals surface area contributed by atoms with Crippen LogP contribution in [0, 0.1) is 5.82 Å². The largest absolute Gasteiger partial charge is 0.382 e. The lowest BCUT2D eigenvalue weighted by molar-refractivity contribution is 0.628. The number of thiol groups is 1. The Balaban J connectivity index is 2.02. The van der Waals surface area contributed by atoms with E-state index in [9.17, 15) is 4.39 Å². The predicted molar refractivity (Wildman–Crippen MR) is 84.5 cm³/mol. The van der Waals surface area contributed by atoms with Crippen LogP contribution < -0.4 is 5.73 Å². The summed E-state index contributed by atoms with van der Waals surface area (Å²) in [6, 6.07) is 12.1. The molecule has 0 amide bonds.